The van der Waals surface area contributed by atoms with E-state index in [1.165, 1.54) is 4.57 Å². The van der Waals surface area contributed by atoms with Crippen LogP contribution in [0.15, 0.2) is 0 Å². The summed E-state index contributed by atoms with van der Waals surface area (Å²) in [5.41, 5.74) is 0. The first-order valence-corrected chi connectivity index (χ1v) is 5.09. The number of hydrogen-bond acceptors (Lipinski definition) is 2. The molecule has 1 aliphatic heterocycles. The average Bonchev–Trinajstić information content (AvgIpc) is 2.57. The van der Waals surface area contributed by atoms with Gasteiger partial charge in [0.1, 0.15) is 11.6 Å². The molecular formula is C8H9ClF3N3. The van der Waals surface area contributed by atoms with E-state index in [1.54, 1.807) is 0 Å². The molecule has 0 N–H and O–H groups in total. The Kier molecular flexibility index (Phi) is 2.62. The molecule has 0 saturated carbocycles. The van der Waals surface area contributed by atoms with Crippen molar-refractivity contribution in [3.8, 4) is 0 Å². The molecule has 1 aromatic rings. The van der Waals surface area contributed by atoms with E-state index in [4.69, 9.17) is 11.6 Å². The second-order valence-electron chi connectivity index (χ2n) is 3.55. The van der Waals surface area contributed by atoms with E-state index < -0.39 is 12.1 Å². The number of alkyl halides is 4. The summed E-state index contributed by atoms with van der Waals surface area (Å²) >= 11 is 5.56. The lowest BCUT2D eigenvalue weighted by Crippen LogP contribution is -2.32. The summed E-state index contributed by atoms with van der Waals surface area (Å²) in [7, 11) is 0. The van der Waals surface area contributed by atoms with Gasteiger partial charge in [-0.05, 0) is 6.42 Å². The quantitative estimate of drug-likeness (QED) is 0.703. The highest BCUT2D eigenvalue weighted by Crippen LogP contribution is 2.34. The second kappa shape index (κ2) is 3.66. The molecule has 0 amide bonds. The molecule has 0 spiro atoms. The zero-order valence-electron chi connectivity index (χ0n) is 7.76. The van der Waals surface area contributed by atoms with Crippen LogP contribution in [0.4, 0.5) is 13.2 Å². The van der Waals surface area contributed by atoms with Crippen LogP contribution in [0.1, 0.15) is 18.1 Å². The van der Waals surface area contributed by atoms with Crippen molar-refractivity contribution < 1.29 is 13.2 Å². The highest BCUT2D eigenvalue weighted by molar-refractivity contribution is 6.16. The van der Waals surface area contributed by atoms with Crippen LogP contribution in [0.25, 0.3) is 0 Å². The lowest BCUT2D eigenvalue weighted by Gasteiger charge is -2.25. The van der Waals surface area contributed by atoms with Gasteiger partial charge in [0.15, 0.2) is 0 Å². The molecule has 84 valence electrons. The first-order chi connectivity index (χ1) is 7.02. The Morgan fingerprint density at radius 3 is 2.73 bits per heavy atom. The molecule has 15 heavy (non-hydrogen) atoms. The zero-order chi connectivity index (χ0) is 11.1. The summed E-state index contributed by atoms with van der Waals surface area (Å²) in [6.07, 6.45) is -3.75. The Labute approximate surface area is 89.2 Å². The maximum atomic E-state index is 12.5. The van der Waals surface area contributed by atoms with Crippen LogP contribution >= 0.6 is 11.6 Å². The van der Waals surface area contributed by atoms with E-state index in [-0.39, 0.29) is 18.8 Å². The maximum Gasteiger partial charge on any atom is 0.393 e. The van der Waals surface area contributed by atoms with E-state index >= 15 is 0 Å². The molecule has 2 heterocycles. The van der Waals surface area contributed by atoms with E-state index in [9.17, 15) is 13.2 Å². The van der Waals surface area contributed by atoms with Crippen LogP contribution in [-0.4, -0.2) is 20.9 Å². The number of fused-ring (bicyclic) bond motifs is 1. The topological polar surface area (TPSA) is 30.7 Å². The molecule has 0 radical (unpaired) electrons. The van der Waals surface area contributed by atoms with Crippen molar-refractivity contribution in [2.75, 3.05) is 0 Å². The fraction of sp³-hybridized carbons (Fsp3) is 0.750. The molecular weight excluding hydrogens is 231 g/mol. The van der Waals surface area contributed by atoms with Crippen LogP contribution in [0.5, 0.6) is 0 Å². The Hall–Kier alpha value is -0.780. The smallest absolute Gasteiger partial charge is 0.313 e. The maximum absolute atomic E-state index is 12.5. The monoisotopic (exact) mass is 239 g/mol. The minimum Gasteiger partial charge on any atom is -0.313 e. The van der Waals surface area contributed by atoms with Crippen molar-refractivity contribution in [3.63, 3.8) is 0 Å². The van der Waals surface area contributed by atoms with Gasteiger partial charge in [-0.25, -0.2) is 0 Å². The van der Waals surface area contributed by atoms with Crippen LogP contribution in [-0.2, 0) is 18.8 Å². The van der Waals surface area contributed by atoms with E-state index in [0.717, 1.165) is 0 Å². The third-order valence-corrected chi connectivity index (χ3v) is 2.84. The number of hydrogen-bond donors (Lipinski definition) is 0. The van der Waals surface area contributed by atoms with Crippen LogP contribution in [0.3, 0.4) is 0 Å². The molecule has 7 heteroatoms. The predicted molar refractivity (Wildman–Crippen MR) is 47.4 cm³/mol. The van der Waals surface area contributed by atoms with Crippen LogP contribution < -0.4 is 0 Å². The molecule has 1 aliphatic rings. The van der Waals surface area contributed by atoms with Crippen LogP contribution in [0, 0.1) is 5.92 Å². The van der Waals surface area contributed by atoms with Gasteiger partial charge in [-0.3, -0.25) is 0 Å². The normalized spacial score (nSPS) is 21.5. The first kappa shape index (κ1) is 10.7. The van der Waals surface area contributed by atoms with Crippen molar-refractivity contribution in [1.82, 2.24) is 14.8 Å². The van der Waals surface area contributed by atoms with Crippen molar-refractivity contribution in [2.45, 2.75) is 31.4 Å². The molecule has 1 aromatic heterocycles. The largest absolute Gasteiger partial charge is 0.393 e. The highest BCUT2D eigenvalue weighted by Gasteiger charge is 2.42. The summed E-state index contributed by atoms with van der Waals surface area (Å²) in [5, 5.41) is 7.55. The van der Waals surface area contributed by atoms with Gasteiger partial charge >= 0.3 is 6.18 Å². The molecule has 2 rings (SSSR count). The van der Waals surface area contributed by atoms with Crippen molar-refractivity contribution in [2.24, 2.45) is 5.92 Å². The van der Waals surface area contributed by atoms with E-state index in [2.05, 4.69) is 10.2 Å². The fourth-order valence-corrected chi connectivity index (χ4v) is 1.95. The summed E-state index contributed by atoms with van der Waals surface area (Å²) in [6.45, 7) is -0.103. The van der Waals surface area contributed by atoms with Gasteiger partial charge < -0.3 is 4.57 Å². The Morgan fingerprint density at radius 2 is 2.13 bits per heavy atom. The SMILES string of the molecule is FC(F)(F)C1CCc2nnc(CCl)n2C1. The van der Waals surface area contributed by atoms with Gasteiger partial charge in [-0.15, -0.1) is 21.8 Å². The summed E-state index contributed by atoms with van der Waals surface area (Å²) < 4.78 is 39.0. The lowest BCUT2D eigenvalue weighted by atomic mass is 9.99. The zero-order valence-corrected chi connectivity index (χ0v) is 8.52. The van der Waals surface area contributed by atoms with Gasteiger partial charge in [-0.1, -0.05) is 0 Å². The molecule has 1 unspecified atom stereocenters. The number of halogens is 4. The van der Waals surface area contributed by atoms with Gasteiger partial charge in [0, 0.05) is 13.0 Å². The summed E-state index contributed by atoms with van der Waals surface area (Å²) in [6, 6.07) is 0. The van der Waals surface area contributed by atoms with Crippen LogP contribution in [0.2, 0.25) is 0 Å². The Morgan fingerprint density at radius 1 is 1.40 bits per heavy atom. The highest BCUT2D eigenvalue weighted by atomic mass is 35.5. The third-order valence-electron chi connectivity index (χ3n) is 2.61. The number of aryl methyl sites for hydroxylation is 1. The van der Waals surface area contributed by atoms with Crippen molar-refractivity contribution in [1.29, 1.82) is 0 Å². The first-order valence-electron chi connectivity index (χ1n) is 4.56. The number of nitrogens with zero attached hydrogens (tertiary/aromatic N) is 3. The van der Waals surface area contributed by atoms with E-state index in [0.29, 0.717) is 18.1 Å². The van der Waals surface area contributed by atoms with Gasteiger partial charge in [0.05, 0.1) is 11.8 Å². The third kappa shape index (κ3) is 1.95. The minimum atomic E-state index is -4.15. The molecule has 0 bridgehead atoms. The molecule has 0 fully saturated rings. The average molecular weight is 240 g/mol. The number of rotatable bonds is 1. The standard InChI is InChI=1S/C8H9ClF3N3/c9-3-7-14-13-6-2-1-5(4-15(6)7)8(10,11)12/h5H,1-4H2. The summed E-state index contributed by atoms with van der Waals surface area (Å²) in [4.78, 5) is 0. The van der Waals surface area contributed by atoms with Crippen molar-refractivity contribution >= 4 is 11.6 Å². The molecule has 0 saturated heterocycles. The predicted octanol–water partition coefficient (Wildman–Crippen LogP) is 2.14. The Bertz CT molecular complexity index is 347. The molecule has 0 aromatic carbocycles. The van der Waals surface area contributed by atoms with Gasteiger partial charge in [-0.2, -0.15) is 13.2 Å². The number of aromatic nitrogens is 3. The molecule has 3 nitrogen and oxygen atoms in total. The van der Waals surface area contributed by atoms with Crippen molar-refractivity contribution in [3.05, 3.63) is 11.6 Å². The lowest BCUT2D eigenvalue weighted by molar-refractivity contribution is -0.182. The summed E-state index contributed by atoms with van der Waals surface area (Å²) in [5.74, 6) is -0.188. The second-order valence-corrected chi connectivity index (χ2v) is 3.82. The van der Waals surface area contributed by atoms with Gasteiger partial charge in [0.25, 0.3) is 0 Å². The molecule has 0 aliphatic carbocycles. The minimum absolute atomic E-state index is 0.0872. The Balaban J connectivity index is 2.25. The fourth-order valence-electron chi connectivity index (χ4n) is 1.75. The molecule has 1 atom stereocenters. The van der Waals surface area contributed by atoms with Gasteiger partial charge in [0.2, 0.25) is 0 Å². The van der Waals surface area contributed by atoms with E-state index in [1.807, 2.05) is 0 Å².